The molecule has 2 atom stereocenters. The van der Waals surface area contributed by atoms with Gasteiger partial charge in [-0.05, 0) is 93.5 Å². The molecule has 2 aromatic heterocycles. The summed E-state index contributed by atoms with van der Waals surface area (Å²) in [5.74, 6) is 1.68. The molecule has 9 rings (SSSR count). The van der Waals surface area contributed by atoms with Gasteiger partial charge in [0.05, 0.1) is 0 Å². The molecule has 2 unspecified atom stereocenters. The maximum absolute atomic E-state index is 13.2. The van der Waals surface area contributed by atoms with E-state index in [-0.39, 0.29) is 17.9 Å². The summed E-state index contributed by atoms with van der Waals surface area (Å²) in [4.78, 5) is 70.1. The highest BCUT2D eigenvalue weighted by Crippen LogP contribution is 2.45. The predicted octanol–water partition coefficient (Wildman–Crippen LogP) is 6.19. The van der Waals surface area contributed by atoms with Crippen molar-refractivity contribution in [3.63, 3.8) is 0 Å². The lowest BCUT2D eigenvalue weighted by atomic mass is 9.71. The molecule has 64 heavy (non-hydrogen) atoms. The fourth-order valence-electron chi connectivity index (χ4n) is 10.1. The van der Waals surface area contributed by atoms with Gasteiger partial charge in [0.15, 0.2) is 0 Å². The number of aldehydes is 1. The van der Waals surface area contributed by atoms with Gasteiger partial charge in [0, 0.05) is 129 Å². The first-order valence-corrected chi connectivity index (χ1v) is 22.8. The zero-order valence-corrected chi connectivity index (χ0v) is 37.3. The van der Waals surface area contributed by atoms with Gasteiger partial charge in [-0.2, -0.15) is 4.98 Å². The molecule has 4 aromatic rings. The minimum Gasteiger partial charge on any atom is -0.371 e. The van der Waals surface area contributed by atoms with E-state index in [2.05, 4.69) is 90.9 Å². The molecular weight excluding hydrogens is 807 g/mol. The second-order valence-corrected chi connectivity index (χ2v) is 17.9. The molecule has 6 heterocycles. The van der Waals surface area contributed by atoms with Crippen LogP contribution in [0.5, 0.6) is 0 Å². The normalized spacial score (nSPS) is 19.0. The van der Waals surface area contributed by atoms with Gasteiger partial charge in [-0.1, -0.05) is 25.1 Å². The highest BCUT2D eigenvalue weighted by atomic mass is 16.2. The Balaban J connectivity index is 0.00000135. The number of anilines is 6. The Morgan fingerprint density at radius 1 is 0.969 bits per heavy atom. The number of rotatable bonds is 16. The molecule has 0 saturated carbocycles. The Labute approximate surface area is 376 Å². The van der Waals surface area contributed by atoms with E-state index in [4.69, 9.17) is 14.8 Å². The molecule has 3 amide bonds. The van der Waals surface area contributed by atoms with Crippen molar-refractivity contribution in [2.75, 3.05) is 73.3 Å². The number of piperidine rings is 1. The number of carbonyl (C=O) groups excluding carboxylic acids is 4. The van der Waals surface area contributed by atoms with Gasteiger partial charge in [-0.3, -0.25) is 19.3 Å². The maximum atomic E-state index is 13.2. The standard InChI is InChI=1S/C47H56N10O3.C2H5NO/c1-4-21-48-44(59)38-25-49-46(53-43(38)52-41-18-13-33-12-11-32(5-2)42(33)51-41)50-34-14-16-35(17-15-34)55-27-47(28-55)29-56(30-47)36-19-22-54(23-20-36)40-10-6-9-37-39(40)26-57(45(37)60)31(3)8-7-24-58;1-3-2-4/h4,6,9-10,13-18,24-25,31-32,36H,1,5,7-8,11-12,19-23,26-30H2,2-3H3,(H,48,59)(H2,49,50,51,52,53);2H,1H3,(H,3,4). The SMILES string of the molecule is C=CCNC(=O)c1cnc(Nc2ccc(N3CC4(C3)CN(C3CCN(c5cccc6c5CN(C(C)CCC=O)C6=O)CC3)C4)cc2)nc1Nc1ccc2c(n1)C(CC)CC2.CNC=O. The summed E-state index contributed by atoms with van der Waals surface area (Å²) in [6.45, 7) is 15.3. The van der Waals surface area contributed by atoms with E-state index in [1.807, 2.05) is 30.0 Å². The summed E-state index contributed by atoms with van der Waals surface area (Å²) in [7, 11) is 1.56. The molecule has 15 nitrogen and oxygen atoms in total. The first kappa shape index (κ1) is 44.3. The van der Waals surface area contributed by atoms with E-state index in [9.17, 15) is 14.4 Å². The number of aromatic nitrogens is 3. The average molecular weight is 868 g/mol. The van der Waals surface area contributed by atoms with Crippen molar-refractivity contribution in [3.8, 4) is 0 Å². The summed E-state index contributed by atoms with van der Waals surface area (Å²) < 4.78 is 0. The minimum absolute atomic E-state index is 0.0470. The number of carbonyl (C=O) groups is 4. The fourth-order valence-corrected chi connectivity index (χ4v) is 10.1. The quantitative estimate of drug-likeness (QED) is 0.0746. The zero-order valence-electron chi connectivity index (χ0n) is 37.3. The second-order valence-electron chi connectivity index (χ2n) is 17.9. The number of pyridine rings is 1. The molecule has 1 spiro atoms. The maximum Gasteiger partial charge on any atom is 0.256 e. The van der Waals surface area contributed by atoms with Crippen LogP contribution in [0, 0.1) is 5.41 Å². The number of benzene rings is 2. The molecule has 336 valence electrons. The van der Waals surface area contributed by atoms with Crippen LogP contribution in [-0.4, -0.2) is 114 Å². The lowest BCUT2D eigenvalue weighted by Crippen LogP contribution is -2.74. The van der Waals surface area contributed by atoms with E-state index in [0.29, 0.717) is 72.9 Å². The molecule has 15 heteroatoms. The first-order valence-electron chi connectivity index (χ1n) is 22.8. The van der Waals surface area contributed by atoms with Crippen molar-refractivity contribution >= 4 is 59.2 Å². The van der Waals surface area contributed by atoms with Crippen molar-refractivity contribution in [2.45, 2.75) is 83.3 Å². The number of aryl methyl sites for hydroxylation is 1. The summed E-state index contributed by atoms with van der Waals surface area (Å²) in [6.07, 6.45) is 11.4. The monoisotopic (exact) mass is 867 g/mol. The fraction of sp³-hybridized carbons (Fsp3) is 0.449. The van der Waals surface area contributed by atoms with Crippen molar-refractivity contribution in [3.05, 3.63) is 101 Å². The van der Waals surface area contributed by atoms with Gasteiger partial charge >= 0.3 is 0 Å². The summed E-state index contributed by atoms with van der Waals surface area (Å²) in [5.41, 5.74) is 8.34. The van der Waals surface area contributed by atoms with Crippen LogP contribution in [0.15, 0.2) is 73.4 Å². The summed E-state index contributed by atoms with van der Waals surface area (Å²) in [5, 5.41) is 11.7. The molecule has 4 aliphatic heterocycles. The van der Waals surface area contributed by atoms with E-state index in [0.717, 1.165) is 100 Å². The zero-order chi connectivity index (χ0) is 44.8. The molecular formula is C49H61N11O4. The van der Waals surface area contributed by atoms with Gasteiger partial charge in [0.25, 0.3) is 11.8 Å². The molecule has 4 N–H and O–H groups in total. The number of nitrogens with zero attached hydrogens (tertiary/aromatic N) is 7. The largest absolute Gasteiger partial charge is 0.371 e. The number of hydrogen-bond acceptors (Lipinski definition) is 12. The Hall–Kier alpha value is -6.35. The van der Waals surface area contributed by atoms with E-state index in [1.54, 1.807) is 19.3 Å². The van der Waals surface area contributed by atoms with Crippen molar-refractivity contribution < 1.29 is 19.2 Å². The van der Waals surface area contributed by atoms with Gasteiger partial charge in [0.2, 0.25) is 12.4 Å². The molecule has 3 saturated heterocycles. The molecule has 0 bridgehead atoms. The van der Waals surface area contributed by atoms with Crippen LogP contribution in [0.1, 0.15) is 95.8 Å². The van der Waals surface area contributed by atoms with Gasteiger partial charge in [-0.15, -0.1) is 6.58 Å². The van der Waals surface area contributed by atoms with Crippen molar-refractivity contribution in [2.24, 2.45) is 5.41 Å². The molecule has 2 aromatic carbocycles. The van der Waals surface area contributed by atoms with E-state index < -0.39 is 0 Å². The highest BCUT2D eigenvalue weighted by molar-refractivity contribution is 6.00. The van der Waals surface area contributed by atoms with Crippen LogP contribution in [0.2, 0.25) is 0 Å². The van der Waals surface area contributed by atoms with Crippen LogP contribution in [0.4, 0.5) is 34.6 Å². The van der Waals surface area contributed by atoms with Crippen molar-refractivity contribution in [1.82, 2.24) is 35.4 Å². The van der Waals surface area contributed by atoms with Gasteiger partial charge < -0.3 is 40.8 Å². The number of amides is 3. The third-order valence-corrected chi connectivity index (χ3v) is 13.6. The lowest BCUT2D eigenvalue weighted by Gasteiger charge is -2.63. The lowest BCUT2D eigenvalue weighted by molar-refractivity contribution is -0.109. The summed E-state index contributed by atoms with van der Waals surface area (Å²) in [6, 6.07) is 19.3. The van der Waals surface area contributed by atoms with Crippen LogP contribution in [-0.2, 0) is 22.6 Å². The second kappa shape index (κ2) is 19.6. The molecule has 5 aliphatic rings. The Bertz CT molecular complexity index is 2330. The van der Waals surface area contributed by atoms with E-state index in [1.165, 1.54) is 16.9 Å². The molecule has 0 radical (unpaired) electrons. The Morgan fingerprint density at radius 3 is 2.44 bits per heavy atom. The summed E-state index contributed by atoms with van der Waals surface area (Å²) >= 11 is 0. The van der Waals surface area contributed by atoms with Crippen LogP contribution < -0.4 is 31.1 Å². The number of likely N-dealkylation sites (tertiary alicyclic amines) is 1. The number of nitrogens with one attached hydrogen (secondary N) is 4. The topological polar surface area (TPSA) is 168 Å². The minimum atomic E-state index is -0.287. The van der Waals surface area contributed by atoms with Gasteiger partial charge in [-0.25, -0.2) is 9.97 Å². The number of fused-ring (bicyclic) bond motifs is 2. The Morgan fingerprint density at radius 2 is 1.73 bits per heavy atom. The van der Waals surface area contributed by atoms with Crippen LogP contribution in [0.3, 0.4) is 0 Å². The first-order chi connectivity index (χ1) is 31.2. The highest BCUT2D eigenvalue weighted by Gasteiger charge is 2.53. The van der Waals surface area contributed by atoms with Gasteiger partial charge in [0.1, 0.15) is 23.5 Å². The molecule has 1 aliphatic carbocycles. The third kappa shape index (κ3) is 9.30. The van der Waals surface area contributed by atoms with Crippen LogP contribution >= 0.6 is 0 Å². The average Bonchev–Trinajstić information content (AvgIpc) is 3.87. The predicted molar refractivity (Wildman–Crippen MR) is 251 cm³/mol. The smallest absolute Gasteiger partial charge is 0.256 e. The van der Waals surface area contributed by atoms with E-state index >= 15 is 0 Å². The third-order valence-electron chi connectivity index (χ3n) is 13.6. The van der Waals surface area contributed by atoms with Crippen molar-refractivity contribution in [1.29, 1.82) is 0 Å². The molecule has 3 fully saturated rings. The Kier molecular flexibility index (Phi) is 13.5. The number of hydrogen-bond donors (Lipinski definition) is 4. The van der Waals surface area contributed by atoms with Crippen LogP contribution in [0.25, 0.3) is 0 Å².